The lowest BCUT2D eigenvalue weighted by Gasteiger charge is -2.30. The highest BCUT2D eigenvalue weighted by molar-refractivity contribution is 5.45. The summed E-state index contributed by atoms with van der Waals surface area (Å²) in [6.07, 6.45) is 3.76. The second-order valence-corrected chi connectivity index (χ2v) is 5.29. The van der Waals surface area contributed by atoms with E-state index >= 15 is 0 Å². The number of anilines is 3. The van der Waals surface area contributed by atoms with Crippen LogP contribution in [0.2, 0.25) is 0 Å². The summed E-state index contributed by atoms with van der Waals surface area (Å²) in [5.41, 5.74) is 0. The van der Waals surface area contributed by atoms with Crippen molar-refractivity contribution in [2.75, 3.05) is 61.4 Å². The second-order valence-electron chi connectivity index (χ2n) is 5.29. The fraction of sp³-hybridized carbons (Fsp3) is 0.769. The predicted molar refractivity (Wildman–Crippen MR) is 80.5 cm³/mol. The molecule has 0 spiro atoms. The van der Waals surface area contributed by atoms with Gasteiger partial charge in [0.15, 0.2) is 0 Å². The van der Waals surface area contributed by atoms with Crippen LogP contribution in [-0.2, 0) is 0 Å². The van der Waals surface area contributed by atoms with E-state index in [1.807, 2.05) is 7.05 Å². The summed E-state index contributed by atoms with van der Waals surface area (Å²) in [6, 6.07) is 0. The van der Waals surface area contributed by atoms with Gasteiger partial charge < -0.3 is 20.4 Å². The van der Waals surface area contributed by atoms with Crippen LogP contribution >= 0.6 is 0 Å². The molecule has 2 N–H and O–H groups in total. The van der Waals surface area contributed by atoms with E-state index in [4.69, 9.17) is 4.98 Å². The van der Waals surface area contributed by atoms with Crippen LogP contribution in [0.3, 0.4) is 0 Å². The highest BCUT2D eigenvalue weighted by Gasteiger charge is 2.19. The normalized spacial score (nSPS) is 20.1. The van der Waals surface area contributed by atoms with Gasteiger partial charge >= 0.3 is 0 Å². The number of aromatic nitrogens is 3. The summed E-state index contributed by atoms with van der Waals surface area (Å²) in [6.45, 7) is 5.97. The molecule has 0 atom stereocenters. The first-order valence-corrected chi connectivity index (χ1v) is 7.51. The first-order chi connectivity index (χ1) is 9.86. The first-order valence-electron chi connectivity index (χ1n) is 7.51. The quantitative estimate of drug-likeness (QED) is 0.824. The topological polar surface area (TPSA) is 69.2 Å². The Bertz CT molecular complexity index is 402. The van der Waals surface area contributed by atoms with Crippen LogP contribution in [0.25, 0.3) is 0 Å². The van der Waals surface area contributed by atoms with Crippen molar-refractivity contribution in [1.82, 2.24) is 20.3 Å². The molecule has 0 aromatic carbocycles. The van der Waals surface area contributed by atoms with Crippen molar-refractivity contribution in [1.29, 1.82) is 0 Å². The molecule has 7 nitrogen and oxygen atoms in total. The summed E-state index contributed by atoms with van der Waals surface area (Å²) >= 11 is 0. The first kappa shape index (κ1) is 13.4. The van der Waals surface area contributed by atoms with E-state index < -0.39 is 0 Å². The molecule has 3 heterocycles. The van der Waals surface area contributed by atoms with Gasteiger partial charge in [-0.3, -0.25) is 0 Å². The van der Waals surface area contributed by atoms with Gasteiger partial charge in [0.05, 0.1) is 0 Å². The van der Waals surface area contributed by atoms with E-state index in [0.717, 1.165) is 51.2 Å². The van der Waals surface area contributed by atoms with Gasteiger partial charge in [-0.15, -0.1) is 0 Å². The molecule has 0 radical (unpaired) electrons. The number of hydrogen-bond donors (Lipinski definition) is 2. The summed E-state index contributed by atoms with van der Waals surface area (Å²) in [5, 5.41) is 6.41. The number of hydrogen-bond acceptors (Lipinski definition) is 7. The molecule has 0 saturated carbocycles. The molecule has 3 rings (SSSR count). The standard InChI is InChI=1S/C13H23N7/c1-14-11-16-12(19-7-3-2-4-8-19)18-13(17-11)20-9-5-15-6-10-20/h15H,2-10H2,1H3,(H,14,16,17,18). The molecule has 2 fully saturated rings. The maximum atomic E-state index is 4.69. The van der Waals surface area contributed by atoms with Gasteiger partial charge in [-0.05, 0) is 19.3 Å². The molecule has 0 amide bonds. The fourth-order valence-electron chi connectivity index (χ4n) is 2.71. The lowest BCUT2D eigenvalue weighted by atomic mass is 10.1. The third-order valence-electron chi connectivity index (χ3n) is 3.87. The van der Waals surface area contributed by atoms with Crippen LogP contribution in [-0.4, -0.2) is 61.3 Å². The molecule has 1 aromatic rings. The van der Waals surface area contributed by atoms with Crippen molar-refractivity contribution in [2.45, 2.75) is 19.3 Å². The third-order valence-corrected chi connectivity index (χ3v) is 3.87. The van der Waals surface area contributed by atoms with Gasteiger partial charge in [0.2, 0.25) is 17.8 Å². The van der Waals surface area contributed by atoms with E-state index in [-0.39, 0.29) is 0 Å². The number of rotatable bonds is 3. The van der Waals surface area contributed by atoms with E-state index in [0.29, 0.717) is 5.95 Å². The molecule has 2 saturated heterocycles. The number of piperidine rings is 1. The molecule has 110 valence electrons. The fourth-order valence-corrected chi connectivity index (χ4v) is 2.71. The molecule has 20 heavy (non-hydrogen) atoms. The molecular formula is C13H23N7. The van der Waals surface area contributed by atoms with Crippen LogP contribution in [0, 0.1) is 0 Å². The van der Waals surface area contributed by atoms with Crippen molar-refractivity contribution < 1.29 is 0 Å². The van der Waals surface area contributed by atoms with Crippen molar-refractivity contribution in [2.24, 2.45) is 0 Å². The Labute approximate surface area is 119 Å². The minimum atomic E-state index is 0.661. The number of nitrogens with zero attached hydrogens (tertiary/aromatic N) is 5. The Morgan fingerprint density at radius 1 is 0.850 bits per heavy atom. The van der Waals surface area contributed by atoms with E-state index in [1.54, 1.807) is 0 Å². The van der Waals surface area contributed by atoms with Crippen molar-refractivity contribution >= 4 is 17.8 Å². The molecule has 0 unspecified atom stereocenters. The van der Waals surface area contributed by atoms with Gasteiger partial charge in [0, 0.05) is 46.3 Å². The smallest absolute Gasteiger partial charge is 0.232 e. The molecule has 2 aliphatic rings. The van der Waals surface area contributed by atoms with E-state index in [1.165, 1.54) is 19.3 Å². The van der Waals surface area contributed by atoms with Gasteiger partial charge in [-0.2, -0.15) is 15.0 Å². The minimum absolute atomic E-state index is 0.661. The lowest BCUT2D eigenvalue weighted by molar-refractivity contribution is 0.561. The lowest BCUT2D eigenvalue weighted by Crippen LogP contribution is -2.44. The Hall–Kier alpha value is -1.63. The maximum absolute atomic E-state index is 4.69. The summed E-state index contributed by atoms with van der Waals surface area (Å²) in [4.78, 5) is 18.2. The van der Waals surface area contributed by atoms with Crippen LogP contribution in [0.5, 0.6) is 0 Å². The molecule has 0 aliphatic carbocycles. The summed E-state index contributed by atoms with van der Waals surface area (Å²) in [5.74, 6) is 2.28. The maximum Gasteiger partial charge on any atom is 0.232 e. The minimum Gasteiger partial charge on any atom is -0.357 e. The zero-order valence-electron chi connectivity index (χ0n) is 12.1. The van der Waals surface area contributed by atoms with Gasteiger partial charge in [0.1, 0.15) is 0 Å². The predicted octanol–water partition coefficient (Wildman–Crippen LogP) is 0.313. The van der Waals surface area contributed by atoms with E-state index in [9.17, 15) is 0 Å². The summed E-state index contributed by atoms with van der Waals surface area (Å²) < 4.78 is 0. The Balaban J connectivity index is 1.85. The molecule has 1 aromatic heterocycles. The van der Waals surface area contributed by atoms with Crippen LogP contribution in [0.15, 0.2) is 0 Å². The largest absolute Gasteiger partial charge is 0.357 e. The van der Waals surface area contributed by atoms with Gasteiger partial charge in [-0.25, -0.2) is 0 Å². The Morgan fingerprint density at radius 3 is 2.05 bits per heavy atom. The molecule has 2 aliphatic heterocycles. The van der Waals surface area contributed by atoms with Gasteiger partial charge in [0.25, 0.3) is 0 Å². The monoisotopic (exact) mass is 277 g/mol. The average Bonchev–Trinajstić information content (AvgIpc) is 2.56. The average molecular weight is 277 g/mol. The number of piperazine rings is 1. The van der Waals surface area contributed by atoms with Crippen LogP contribution < -0.4 is 20.4 Å². The van der Waals surface area contributed by atoms with Crippen LogP contribution in [0.4, 0.5) is 17.8 Å². The highest BCUT2D eigenvalue weighted by Crippen LogP contribution is 2.20. The van der Waals surface area contributed by atoms with E-state index in [2.05, 4.69) is 30.4 Å². The molecular weight excluding hydrogens is 254 g/mol. The summed E-state index contributed by atoms with van der Waals surface area (Å²) in [7, 11) is 1.86. The zero-order chi connectivity index (χ0) is 13.8. The third kappa shape index (κ3) is 2.92. The number of nitrogens with one attached hydrogen (secondary N) is 2. The Kier molecular flexibility index (Phi) is 4.15. The van der Waals surface area contributed by atoms with Crippen molar-refractivity contribution in [3.8, 4) is 0 Å². The van der Waals surface area contributed by atoms with Crippen molar-refractivity contribution in [3.63, 3.8) is 0 Å². The van der Waals surface area contributed by atoms with Gasteiger partial charge in [-0.1, -0.05) is 0 Å². The second kappa shape index (κ2) is 6.21. The molecule has 7 heteroatoms. The molecule has 0 bridgehead atoms. The highest BCUT2D eigenvalue weighted by atomic mass is 15.4. The zero-order valence-corrected chi connectivity index (χ0v) is 12.1. The Morgan fingerprint density at radius 2 is 1.45 bits per heavy atom. The SMILES string of the molecule is CNc1nc(N2CCCCC2)nc(N2CCNCC2)n1. The van der Waals surface area contributed by atoms with Crippen molar-refractivity contribution in [3.05, 3.63) is 0 Å². The van der Waals surface area contributed by atoms with Crippen LogP contribution in [0.1, 0.15) is 19.3 Å².